The van der Waals surface area contributed by atoms with Crippen LogP contribution in [0.2, 0.25) is 0 Å². The van der Waals surface area contributed by atoms with Gasteiger partial charge in [0.1, 0.15) is 17.2 Å². The molecule has 9 heteroatoms. The molecule has 0 bridgehead atoms. The van der Waals surface area contributed by atoms with Crippen LogP contribution in [0, 0.1) is 18.6 Å². The Morgan fingerprint density at radius 3 is 2.73 bits per heavy atom. The average molecular weight is 444 g/mol. The zero-order valence-corrected chi connectivity index (χ0v) is 17.1. The van der Waals surface area contributed by atoms with Gasteiger partial charge in [-0.15, -0.1) is 0 Å². The molecule has 0 aliphatic rings. The van der Waals surface area contributed by atoms with E-state index in [9.17, 15) is 18.4 Å². The molecule has 2 aromatic carbocycles. The Hall–Kier alpha value is -4.40. The fraction of sp³-hybridized carbons (Fsp3) is 0.0833. The van der Waals surface area contributed by atoms with Crippen LogP contribution in [-0.4, -0.2) is 19.5 Å². The monoisotopic (exact) mass is 444 g/mol. The molecule has 4 aromatic heterocycles. The zero-order chi connectivity index (χ0) is 22.9. The van der Waals surface area contributed by atoms with Crippen molar-refractivity contribution in [2.24, 2.45) is 0 Å². The standard InChI is InChI=1S/C24H14F2N4O3/c1-11-5-15-19(8-16(11)25)30(21-20(15)13-3-2-4-27-23(13)33-24(21)32)9-12-6-14-18(7-17(12)26)28-10-29-22(14)31/h2-8,10H,9H2,1H3,(H,28,29,31). The van der Waals surface area contributed by atoms with Gasteiger partial charge < -0.3 is 14.0 Å². The van der Waals surface area contributed by atoms with Gasteiger partial charge in [0.2, 0.25) is 5.71 Å². The van der Waals surface area contributed by atoms with Crippen molar-refractivity contribution in [3.63, 3.8) is 0 Å². The van der Waals surface area contributed by atoms with Crippen LogP contribution in [0.5, 0.6) is 0 Å². The first-order chi connectivity index (χ1) is 15.9. The first-order valence-electron chi connectivity index (χ1n) is 10.1. The molecule has 0 spiro atoms. The van der Waals surface area contributed by atoms with Crippen LogP contribution in [0.3, 0.4) is 0 Å². The Kier molecular flexibility index (Phi) is 3.97. The number of pyridine rings is 1. The van der Waals surface area contributed by atoms with Crippen LogP contribution < -0.4 is 11.2 Å². The minimum absolute atomic E-state index is 0.130. The second-order valence-electron chi connectivity index (χ2n) is 7.87. The molecule has 0 unspecified atom stereocenters. The summed E-state index contributed by atoms with van der Waals surface area (Å²) in [6.45, 7) is 1.50. The topological polar surface area (TPSA) is 93.8 Å². The molecule has 4 heterocycles. The quantitative estimate of drug-likeness (QED) is 0.433. The second-order valence-corrected chi connectivity index (χ2v) is 7.87. The van der Waals surface area contributed by atoms with E-state index in [0.29, 0.717) is 27.2 Å². The maximum absolute atomic E-state index is 15.0. The predicted octanol–water partition coefficient (Wildman–Crippen LogP) is 4.17. The van der Waals surface area contributed by atoms with E-state index < -0.39 is 22.8 Å². The summed E-state index contributed by atoms with van der Waals surface area (Å²) in [5, 5.41) is 1.96. The lowest BCUT2D eigenvalue weighted by Crippen LogP contribution is -2.11. The van der Waals surface area contributed by atoms with Crippen molar-refractivity contribution in [1.82, 2.24) is 19.5 Å². The maximum atomic E-state index is 15.0. The minimum Gasteiger partial charge on any atom is -0.402 e. The Bertz CT molecular complexity index is 1890. The van der Waals surface area contributed by atoms with Crippen LogP contribution in [0.1, 0.15) is 11.1 Å². The van der Waals surface area contributed by atoms with Gasteiger partial charge in [-0.3, -0.25) is 4.79 Å². The Labute approximate surface area is 182 Å². The molecule has 0 saturated heterocycles. The molecule has 6 aromatic rings. The molecule has 0 aliphatic heterocycles. The summed E-state index contributed by atoms with van der Waals surface area (Å²) in [5.74, 6) is -1.06. The predicted molar refractivity (Wildman–Crippen MR) is 119 cm³/mol. The molecule has 1 N–H and O–H groups in total. The number of nitrogens with one attached hydrogen (secondary N) is 1. The number of rotatable bonds is 2. The van der Waals surface area contributed by atoms with Gasteiger partial charge in [0.05, 0.1) is 29.3 Å². The highest BCUT2D eigenvalue weighted by Crippen LogP contribution is 2.34. The number of H-pyrrole nitrogens is 1. The third kappa shape index (κ3) is 2.78. The number of benzene rings is 2. The molecule has 162 valence electrons. The normalized spacial score (nSPS) is 11.8. The highest BCUT2D eigenvalue weighted by molar-refractivity contribution is 6.18. The van der Waals surface area contributed by atoms with Crippen LogP contribution in [0.25, 0.3) is 43.8 Å². The summed E-state index contributed by atoms with van der Waals surface area (Å²) in [7, 11) is 0. The Morgan fingerprint density at radius 1 is 1.03 bits per heavy atom. The van der Waals surface area contributed by atoms with Crippen molar-refractivity contribution in [3.05, 3.63) is 92.5 Å². The van der Waals surface area contributed by atoms with E-state index in [-0.39, 0.29) is 34.2 Å². The molecule has 6 rings (SSSR count). The summed E-state index contributed by atoms with van der Waals surface area (Å²) in [5.41, 5.74) is 0.387. The van der Waals surface area contributed by atoms with Crippen LogP contribution in [0.4, 0.5) is 8.78 Å². The van der Waals surface area contributed by atoms with Gasteiger partial charge in [-0.05, 0) is 42.8 Å². The van der Waals surface area contributed by atoms with Crippen LogP contribution in [-0.2, 0) is 6.54 Å². The second kappa shape index (κ2) is 6.80. The van der Waals surface area contributed by atoms with Gasteiger partial charge in [-0.25, -0.2) is 23.5 Å². The molecule has 0 atom stereocenters. The summed E-state index contributed by atoms with van der Waals surface area (Å²) in [6.07, 6.45) is 2.71. The minimum atomic E-state index is -0.675. The number of nitrogens with zero attached hydrogens (tertiary/aromatic N) is 3. The van der Waals surface area contributed by atoms with Gasteiger partial charge in [-0.2, -0.15) is 0 Å². The van der Waals surface area contributed by atoms with Gasteiger partial charge in [-0.1, -0.05) is 0 Å². The number of hydrogen-bond acceptors (Lipinski definition) is 5. The van der Waals surface area contributed by atoms with E-state index in [2.05, 4.69) is 15.0 Å². The third-order valence-electron chi connectivity index (χ3n) is 5.90. The smallest absolute Gasteiger partial charge is 0.362 e. The molecule has 0 fully saturated rings. The molecule has 0 saturated carbocycles. The molecule has 7 nitrogen and oxygen atoms in total. The maximum Gasteiger partial charge on any atom is 0.362 e. The lowest BCUT2D eigenvalue weighted by atomic mass is 10.1. The van der Waals surface area contributed by atoms with E-state index in [4.69, 9.17) is 4.42 Å². The summed E-state index contributed by atoms with van der Waals surface area (Å²) < 4.78 is 36.5. The zero-order valence-electron chi connectivity index (χ0n) is 17.1. The van der Waals surface area contributed by atoms with Gasteiger partial charge >= 0.3 is 5.63 Å². The van der Waals surface area contributed by atoms with E-state index >= 15 is 0 Å². The van der Waals surface area contributed by atoms with E-state index in [0.717, 1.165) is 0 Å². The Balaban J connectivity index is 1.73. The van der Waals surface area contributed by atoms with Crippen molar-refractivity contribution in [2.75, 3.05) is 0 Å². The summed E-state index contributed by atoms with van der Waals surface area (Å²) in [4.78, 5) is 35.8. The fourth-order valence-corrected chi connectivity index (χ4v) is 4.35. The first kappa shape index (κ1) is 19.3. The average Bonchev–Trinajstić information content (AvgIpc) is 3.09. The van der Waals surface area contributed by atoms with E-state index in [1.54, 1.807) is 25.1 Å². The highest BCUT2D eigenvalue weighted by Gasteiger charge is 2.21. The van der Waals surface area contributed by atoms with Gasteiger partial charge in [0, 0.05) is 34.0 Å². The number of halogens is 2. The largest absolute Gasteiger partial charge is 0.402 e. The SMILES string of the molecule is Cc1cc2c3c4cccnc4oc(=O)c3n(Cc3cc4c(=O)[nH]cnc4cc3F)c2cc1F. The van der Waals surface area contributed by atoms with Crippen molar-refractivity contribution >= 4 is 43.8 Å². The van der Waals surface area contributed by atoms with Crippen molar-refractivity contribution < 1.29 is 13.2 Å². The molecular weight excluding hydrogens is 430 g/mol. The van der Waals surface area contributed by atoms with Crippen molar-refractivity contribution in [3.8, 4) is 0 Å². The Morgan fingerprint density at radius 2 is 1.88 bits per heavy atom. The van der Waals surface area contributed by atoms with Gasteiger partial charge in [0.15, 0.2) is 0 Å². The van der Waals surface area contributed by atoms with Gasteiger partial charge in [0.25, 0.3) is 5.56 Å². The number of aryl methyl sites for hydroxylation is 1. The van der Waals surface area contributed by atoms with E-state index in [1.165, 1.54) is 35.3 Å². The van der Waals surface area contributed by atoms with Crippen molar-refractivity contribution in [1.29, 1.82) is 0 Å². The molecular formula is C24H14F2N4O3. The molecule has 0 radical (unpaired) electrons. The fourth-order valence-electron chi connectivity index (χ4n) is 4.35. The third-order valence-corrected chi connectivity index (χ3v) is 5.90. The van der Waals surface area contributed by atoms with Crippen LogP contribution in [0.15, 0.2) is 62.9 Å². The lowest BCUT2D eigenvalue weighted by Gasteiger charge is -2.10. The summed E-state index contributed by atoms with van der Waals surface area (Å²) in [6, 6.07) is 9.01. The van der Waals surface area contributed by atoms with E-state index in [1.807, 2.05) is 0 Å². The van der Waals surface area contributed by atoms with Crippen LogP contribution >= 0.6 is 0 Å². The number of fused-ring (bicyclic) bond motifs is 6. The molecule has 0 aliphatic carbocycles. The molecule has 33 heavy (non-hydrogen) atoms. The number of hydrogen-bond donors (Lipinski definition) is 1. The first-order valence-corrected chi connectivity index (χ1v) is 10.1. The highest BCUT2D eigenvalue weighted by atomic mass is 19.1. The summed E-state index contributed by atoms with van der Waals surface area (Å²) >= 11 is 0. The lowest BCUT2D eigenvalue weighted by molar-refractivity contribution is 0.552. The number of aromatic amines is 1. The van der Waals surface area contributed by atoms with Crippen molar-refractivity contribution in [2.45, 2.75) is 13.5 Å². The molecule has 0 amide bonds. The number of aromatic nitrogens is 4.